The van der Waals surface area contributed by atoms with E-state index in [-0.39, 0.29) is 24.3 Å². The van der Waals surface area contributed by atoms with Crippen LogP contribution < -0.4 is 19.5 Å². The van der Waals surface area contributed by atoms with E-state index in [1.54, 1.807) is 24.3 Å². The molecule has 3 rings (SSSR count). The van der Waals surface area contributed by atoms with Gasteiger partial charge in [0.1, 0.15) is 11.6 Å². The summed E-state index contributed by atoms with van der Waals surface area (Å²) in [6, 6.07) is 9.58. The number of anilines is 1. The zero-order valence-corrected chi connectivity index (χ0v) is 13.8. The second-order valence-corrected chi connectivity index (χ2v) is 6.05. The van der Waals surface area contributed by atoms with Crippen molar-refractivity contribution >= 4 is 23.4 Å². The molecule has 1 heterocycles. The zero-order chi connectivity index (χ0) is 16.9. The van der Waals surface area contributed by atoms with Crippen molar-refractivity contribution in [3.05, 3.63) is 47.8 Å². The van der Waals surface area contributed by atoms with Crippen molar-refractivity contribution in [3.63, 3.8) is 0 Å². The molecular weight excluding hydrogens is 333 g/mol. The lowest BCUT2D eigenvalue weighted by molar-refractivity contribution is -0.113. The highest BCUT2D eigenvalue weighted by Gasteiger charge is 2.14. The van der Waals surface area contributed by atoms with Gasteiger partial charge in [-0.15, -0.1) is 11.8 Å². The number of carbonyl (C=O) groups is 1. The van der Waals surface area contributed by atoms with Crippen molar-refractivity contribution in [2.45, 2.75) is 5.75 Å². The quantitative estimate of drug-likeness (QED) is 0.866. The van der Waals surface area contributed by atoms with Crippen LogP contribution >= 0.6 is 11.8 Å². The Morgan fingerprint density at radius 2 is 2.08 bits per heavy atom. The molecule has 5 nitrogen and oxygen atoms in total. The third-order valence-electron chi connectivity index (χ3n) is 3.39. The van der Waals surface area contributed by atoms with E-state index in [4.69, 9.17) is 14.2 Å². The Hall–Kier alpha value is -2.41. The Kier molecular flexibility index (Phi) is 5.10. The van der Waals surface area contributed by atoms with Crippen molar-refractivity contribution in [1.29, 1.82) is 0 Å². The number of carbonyl (C=O) groups excluding carboxylic acids is 1. The van der Waals surface area contributed by atoms with E-state index >= 15 is 0 Å². The first-order valence-corrected chi connectivity index (χ1v) is 8.41. The Balaban J connectivity index is 1.52. The van der Waals surface area contributed by atoms with Crippen LogP contribution in [0.25, 0.3) is 0 Å². The van der Waals surface area contributed by atoms with Gasteiger partial charge in [0.25, 0.3) is 0 Å². The fourth-order valence-corrected chi connectivity index (χ4v) is 3.09. The Morgan fingerprint density at radius 3 is 2.92 bits per heavy atom. The number of amides is 1. The standard InChI is InChI=1S/C17H16FNO4S/c1-21-14-4-2-12(18)6-11(14)8-24-9-17(20)19-13-3-5-15-16(7-13)23-10-22-15/h2-7H,8-10H2,1H3,(H,19,20). The van der Waals surface area contributed by atoms with Crippen LogP contribution in [0.3, 0.4) is 0 Å². The van der Waals surface area contributed by atoms with Crippen LogP contribution in [0.2, 0.25) is 0 Å². The topological polar surface area (TPSA) is 56.8 Å². The smallest absolute Gasteiger partial charge is 0.234 e. The van der Waals surface area contributed by atoms with E-state index in [1.807, 2.05) is 0 Å². The van der Waals surface area contributed by atoms with Crippen molar-refractivity contribution < 1.29 is 23.4 Å². The molecule has 0 saturated heterocycles. The van der Waals surface area contributed by atoms with Crippen molar-refractivity contribution in [2.75, 3.05) is 25.0 Å². The van der Waals surface area contributed by atoms with Gasteiger partial charge < -0.3 is 19.5 Å². The highest BCUT2D eigenvalue weighted by Crippen LogP contribution is 2.34. The second-order valence-electron chi connectivity index (χ2n) is 5.07. The molecule has 1 N–H and O–H groups in total. The molecule has 2 aromatic carbocycles. The molecule has 1 amide bonds. The molecule has 0 bridgehead atoms. The van der Waals surface area contributed by atoms with Gasteiger partial charge in [-0.25, -0.2) is 4.39 Å². The average molecular weight is 349 g/mol. The van der Waals surface area contributed by atoms with Crippen LogP contribution in [0.4, 0.5) is 10.1 Å². The molecule has 7 heteroatoms. The number of benzene rings is 2. The molecule has 0 spiro atoms. The minimum absolute atomic E-state index is 0.144. The molecule has 0 radical (unpaired) electrons. The van der Waals surface area contributed by atoms with Crippen LogP contribution in [-0.4, -0.2) is 25.6 Å². The molecule has 0 fully saturated rings. The van der Waals surface area contributed by atoms with Gasteiger partial charge in [0.05, 0.1) is 12.9 Å². The number of thioether (sulfide) groups is 1. The summed E-state index contributed by atoms with van der Waals surface area (Å²) in [6.45, 7) is 0.193. The van der Waals surface area contributed by atoms with Crippen molar-refractivity contribution in [3.8, 4) is 17.2 Å². The first-order valence-electron chi connectivity index (χ1n) is 7.25. The molecular formula is C17H16FNO4S. The molecule has 1 aliphatic rings. The molecule has 0 saturated carbocycles. The summed E-state index contributed by atoms with van der Waals surface area (Å²) in [7, 11) is 1.54. The lowest BCUT2D eigenvalue weighted by Crippen LogP contribution is -2.14. The highest BCUT2D eigenvalue weighted by atomic mass is 32.2. The van der Waals surface area contributed by atoms with E-state index in [0.717, 1.165) is 5.56 Å². The summed E-state index contributed by atoms with van der Waals surface area (Å²) in [5, 5.41) is 2.80. The third-order valence-corrected chi connectivity index (χ3v) is 4.37. The van der Waals surface area contributed by atoms with Gasteiger partial charge in [0, 0.05) is 23.1 Å². The maximum atomic E-state index is 13.3. The summed E-state index contributed by atoms with van der Waals surface area (Å²) in [6.07, 6.45) is 0. The van der Waals surface area contributed by atoms with Gasteiger partial charge in [0.2, 0.25) is 12.7 Å². The van der Waals surface area contributed by atoms with Gasteiger partial charge >= 0.3 is 0 Å². The molecule has 0 unspecified atom stereocenters. The van der Waals surface area contributed by atoms with Gasteiger partial charge in [-0.05, 0) is 30.3 Å². The molecule has 24 heavy (non-hydrogen) atoms. The van der Waals surface area contributed by atoms with Crippen molar-refractivity contribution in [1.82, 2.24) is 0 Å². The number of halogens is 1. The molecule has 0 aromatic heterocycles. The van der Waals surface area contributed by atoms with Crippen LogP contribution in [0, 0.1) is 5.82 Å². The summed E-state index contributed by atoms with van der Waals surface area (Å²) >= 11 is 1.38. The normalized spacial score (nSPS) is 12.1. The Morgan fingerprint density at radius 1 is 1.25 bits per heavy atom. The largest absolute Gasteiger partial charge is 0.496 e. The van der Waals surface area contributed by atoms with Crippen LogP contribution in [0.15, 0.2) is 36.4 Å². The monoisotopic (exact) mass is 349 g/mol. The lowest BCUT2D eigenvalue weighted by atomic mass is 10.2. The van der Waals surface area contributed by atoms with Gasteiger partial charge in [0.15, 0.2) is 11.5 Å². The number of hydrogen-bond acceptors (Lipinski definition) is 5. The molecule has 0 atom stereocenters. The number of fused-ring (bicyclic) bond motifs is 1. The third kappa shape index (κ3) is 3.91. The Labute approximate surface area is 143 Å². The van der Waals surface area contributed by atoms with Gasteiger partial charge in [-0.2, -0.15) is 0 Å². The van der Waals surface area contributed by atoms with Crippen LogP contribution in [0.1, 0.15) is 5.56 Å². The number of methoxy groups -OCH3 is 1. The zero-order valence-electron chi connectivity index (χ0n) is 13.0. The van der Waals surface area contributed by atoms with E-state index in [2.05, 4.69) is 5.32 Å². The predicted octanol–water partition coefficient (Wildman–Crippen LogP) is 3.43. The van der Waals surface area contributed by atoms with E-state index < -0.39 is 0 Å². The summed E-state index contributed by atoms with van der Waals surface area (Å²) in [4.78, 5) is 12.0. The van der Waals surface area contributed by atoms with E-state index in [0.29, 0.717) is 28.7 Å². The van der Waals surface area contributed by atoms with E-state index in [9.17, 15) is 9.18 Å². The first kappa shape index (κ1) is 16.4. The summed E-state index contributed by atoms with van der Waals surface area (Å²) in [5.74, 6) is 2.15. The molecule has 1 aliphatic heterocycles. The second kappa shape index (κ2) is 7.44. The van der Waals surface area contributed by atoms with Crippen LogP contribution in [-0.2, 0) is 10.5 Å². The highest BCUT2D eigenvalue weighted by molar-refractivity contribution is 7.99. The van der Waals surface area contributed by atoms with Crippen molar-refractivity contribution in [2.24, 2.45) is 0 Å². The Bertz CT molecular complexity index is 753. The summed E-state index contributed by atoms with van der Waals surface area (Å²) < 4.78 is 29.0. The number of ether oxygens (including phenoxy) is 3. The predicted molar refractivity (Wildman–Crippen MR) is 90.3 cm³/mol. The van der Waals surface area contributed by atoms with Crippen LogP contribution in [0.5, 0.6) is 17.2 Å². The molecule has 2 aromatic rings. The minimum Gasteiger partial charge on any atom is -0.496 e. The molecule has 126 valence electrons. The van der Waals surface area contributed by atoms with Gasteiger partial charge in [-0.1, -0.05) is 0 Å². The lowest BCUT2D eigenvalue weighted by Gasteiger charge is -2.09. The fourth-order valence-electron chi connectivity index (χ4n) is 2.29. The fraction of sp³-hybridized carbons (Fsp3) is 0.235. The number of nitrogens with one attached hydrogen (secondary N) is 1. The number of hydrogen-bond donors (Lipinski definition) is 1. The molecule has 0 aliphatic carbocycles. The maximum Gasteiger partial charge on any atom is 0.234 e. The van der Waals surface area contributed by atoms with E-state index in [1.165, 1.54) is 31.0 Å². The summed E-state index contributed by atoms with van der Waals surface area (Å²) in [5.41, 5.74) is 1.37. The maximum absolute atomic E-state index is 13.3. The number of rotatable bonds is 6. The average Bonchev–Trinajstić information content (AvgIpc) is 3.03. The first-order chi connectivity index (χ1) is 11.7. The SMILES string of the molecule is COc1ccc(F)cc1CSCC(=O)Nc1ccc2c(c1)OCO2. The van der Waals surface area contributed by atoms with Gasteiger partial charge in [-0.3, -0.25) is 4.79 Å². The minimum atomic E-state index is -0.323.